The van der Waals surface area contributed by atoms with Crippen LogP contribution in [-0.2, 0) is 6.42 Å². The van der Waals surface area contributed by atoms with Crippen LogP contribution in [0, 0.1) is 0 Å². The van der Waals surface area contributed by atoms with Crippen molar-refractivity contribution in [1.82, 2.24) is 0 Å². The van der Waals surface area contributed by atoms with E-state index in [2.05, 4.69) is 18.8 Å². The number of benzene rings is 2. The van der Waals surface area contributed by atoms with Crippen LogP contribution in [0.1, 0.15) is 29.8 Å². The molecule has 5 heteroatoms. The average molecular weight is 359 g/mol. The van der Waals surface area contributed by atoms with Gasteiger partial charge in [0.1, 0.15) is 0 Å². The SMILES string of the molecule is CCc1ccc(C(=O)N(C2=N[C@H](C)CS2)c2ccc(Cl)cc2)cc1. The second-order valence-corrected chi connectivity index (χ2v) is 7.16. The van der Waals surface area contributed by atoms with E-state index in [1.165, 1.54) is 5.56 Å². The fraction of sp³-hybridized carbons (Fsp3) is 0.263. The van der Waals surface area contributed by atoms with Gasteiger partial charge in [-0.3, -0.25) is 14.7 Å². The number of aryl methyl sites for hydroxylation is 1. The lowest BCUT2D eigenvalue weighted by Gasteiger charge is -2.22. The molecule has 2 aromatic rings. The number of hydrogen-bond donors (Lipinski definition) is 0. The van der Waals surface area contributed by atoms with Gasteiger partial charge in [-0.1, -0.05) is 42.4 Å². The average Bonchev–Trinajstić information content (AvgIpc) is 3.03. The minimum Gasteiger partial charge on any atom is -0.268 e. The summed E-state index contributed by atoms with van der Waals surface area (Å²) in [6.45, 7) is 4.16. The molecular weight excluding hydrogens is 340 g/mol. The van der Waals surface area contributed by atoms with Gasteiger partial charge >= 0.3 is 0 Å². The summed E-state index contributed by atoms with van der Waals surface area (Å²) in [6.07, 6.45) is 0.954. The van der Waals surface area contributed by atoms with E-state index in [0.29, 0.717) is 10.6 Å². The van der Waals surface area contributed by atoms with Gasteiger partial charge in [0, 0.05) is 16.3 Å². The molecule has 3 nitrogen and oxygen atoms in total. The number of nitrogens with zero attached hydrogens (tertiary/aromatic N) is 2. The predicted octanol–water partition coefficient (Wildman–Crippen LogP) is 5.04. The number of amides is 1. The van der Waals surface area contributed by atoms with Crippen LogP contribution in [0.25, 0.3) is 0 Å². The maximum absolute atomic E-state index is 13.1. The topological polar surface area (TPSA) is 32.7 Å². The summed E-state index contributed by atoms with van der Waals surface area (Å²) in [5.74, 6) is 0.821. The Hall–Kier alpha value is -1.78. The molecule has 0 bridgehead atoms. The van der Waals surface area contributed by atoms with E-state index in [9.17, 15) is 4.79 Å². The Morgan fingerprint density at radius 2 is 1.88 bits per heavy atom. The molecule has 1 heterocycles. The highest BCUT2D eigenvalue weighted by Crippen LogP contribution is 2.28. The number of carbonyl (C=O) groups excluding carboxylic acids is 1. The van der Waals surface area contributed by atoms with Gasteiger partial charge in [-0.25, -0.2) is 0 Å². The molecule has 0 unspecified atom stereocenters. The second kappa shape index (κ2) is 7.41. The van der Waals surface area contributed by atoms with Gasteiger partial charge in [0.15, 0.2) is 5.17 Å². The standard InChI is InChI=1S/C19H19ClN2OS/c1-3-14-4-6-15(7-5-14)18(23)22(19-21-13(2)12-24-19)17-10-8-16(20)9-11-17/h4-11,13H,3,12H2,1-2H3/t13-/m1/s1. The quantitative estimate of drug-likeness (QED) is 0.769. The van der Waals surface area contributed by atoms with E-state index < -0.39 is 0 Å². The molecule has 0 aliphatic carbocycles. The summed E-state index contributed by atoms with van der Waals surface area (Å²) >= 11 is 7.60. The fourth-order valence-corrected chi connectivity index (χ4v) is 3.66. The Bertz CT molecular complexity index is 756. The van der Waals surface area contributed by atoms with Gasteiger partial charge in [-0.05, 0) is 55.3 Å². The molecule has 0 spiro atoms. The zero-order chi connectivity index (χ0) is 17.1. The first-order chi connectivity index (χ1) is 11.6. The summed E-state index contributed by atoms with van der Waals surface area (Å²) in [6, 6.07) is 15.3. The fourth-order valence-electron chi connectivity index (χ4n) is 2.50. The molecule has 0 fully saturated rings. The molecule has 2 aromatic carbocycles. The Kier molecular flexibility index (Phi) is 5.27. The Labute approximate surface area is 151 Å². The van der Waals surface area contributed by atoms with Crippen molar-refractivity contribution in [1.29, 1.82) is 0 Å². The zero-order valence-electron chi connectivity index (χ0n) is 13.7. The first kappa shape index (κ1) is 17.1. The van der Waals surface area contributed by atoms with Crippen LogP contribution in [0.5, 0.6) is 0 Å². The maximum atomic E-state index is 13.1. The van der Waals surface area contributed by atoms with E-state index in [1.807, 2.05) is 36.4 Å². The van der Waals surface area contributed by atoms with Gasteiger partial charge in [-0.2, -0.15) is 0 Å². The first-order valence-corrected chi connectivity index (χ1v) is 9.34. The molecule has 0 aromatic heterocycles. The highest BCUT2D eigenvalue weighted by molar-refractivity contribution is 8.14. The molecule has 0 radical (unpaired) electrons. The number of anilines is 1. The number of thioether (sulfide) groups is 1. The smallest absolute Gasteiger partial charge is 0.264 e. The van der Waals surface area contributed by atoms with Crippen LogP contribution in [0.3, 0.4) is 0 Å². The minimum absolute atomic E-state index is 0.0691. The second-order valence-electron chi connectivity index (χ2n) is 5.74. The van der Waals surface area contributed by atoms with Crippen molar-refractivity contribution in [2.75, 3.05) is 10.7 Å². The van der Waals surface area contributed by atoms with Crippen molar-refractivity contribution in [3.63, 3.8) is 0 Å². The van der Waals surface area contributed by atoms with Crippen LogP contribution in [0.15, 0.2) is 53.5 Å². The largest absolute Gasteiger partial charge is 0.268 e. The van der Waals surface area contributed by atoms with Gasteiger partial charge in [0.05, 0.1) is 11.7 Å². The van der Waals surface area contributed by atoms with Crippen LogP contribution in [0.2, 0.25) is 5.02 Å². The highest BCUT2D eigenvalue weighted by Gasteiger charge is 2.27. The van der Waals surface area contributed by atoms with Crippen LogP contribution < -0.4 is 4.90 Å². The van der Waals surface area contributed by atoms with E-state index >= 15 is 0 Å². The summed E-state index contributed by atoms with van der Waals surface area (Å²) in [4.78, 5) is 19.4. The molecule has 0 saturated carbocycles. The molecule has 24 heavy (non-hydrogen) atoms. The van der Waals surface area contributed by atoms with E-state index in [0.717, 1.165) is 23.0 Å². The van der Waals surface area contributed by atoms with Crippen molar-refractivity contribution in [3.8, 4) is 0 Å². The summed E-state index contributed by atoms with van der Waals surface area (Å²) < 4.78 is 0. The summed E-state index contributed by atoms with van der Waals surface area (Å²) in [5.41, 5.74) is 2.65. The number of aliphatic imine (C=N–C) groups is 1. The molecule has 124 valence electrons. The third-order valence-corrected chi connectivity index (χ3v) is 5.32. The Balaban J connectivity index is 1.98. The number of rotatable bonds is 3. The molecular formula is C19H19ClN2OS. The summed E-state index contributed by atoms with van der Waals surface area (Å²) in [5, 5.41) is 1.39. The molecule has 0 N–H and O–H groups in total. The monoisotopic (exact) mass is 358 g/mol. The minimum atomic E-state index is -0.0691. The van der Waals surface area contributed by atoms with Crippen LogP contribution >= 0.6 is 23.4 Å². The van der Waals surface area contributed by atoms with Crippen LogP contribution in [-0.4, -0.2) is 22.9 Å². The van der Waals surface area contributed by atoms with Crippen molar-refractivity contribution in [3.05, 3.63) is 64.7 Å². The van der Waals surface area contributed by atoms with Crippen molar-refractivity contribution < 1.29 is 4.79 Å². The number of hydrogen-bond acceptors (Lipinski definition) is 3. The number of amidine groups is 1. The van der Waals surface area contributed by atoms with Crippen LogP contribution in [0.4, 0.5) is 5.69 Å². The Morgan fingerprint density at radius 1 is 1.21 bits per heavy atom. The lowest BCUT2D eigenvalue weighted by molar-refractivity contribution is 0.100. The molecule has 1 aliphatic heterocycles. The third kappa shape index (κ3) is 3.65. The third-order valence-electron chi connectivity index (χ3n) is 3.87. The van der Waals surface area contributed by atoms with Gasteiger partial charge < -0.3 is 0 Å². The predicted molar refractivity (Wildman–Crippen MR) is 103 cm³/mol. The molecule has 0 saturated heterocycles. The summed E-state index contributed by atoms with van der Waals surface area (Å²) in [7, 11) is 0. The lowest BCUT2D eigenvalue weighted by atomic mass is 10.1. The molecule has 1 aliphatic rings. The van der Waals surface area contributed by atoms with E-state index in [1.54, 1.807) is 28.8 Å². The van der Waals surface area contributed by atoms with Crippen molar-refractivity contribution in [2.24, 2.45) is 4.99 Å². The van der Waals surface area contributed by atoms with E-state index in [4.69, 9.17) is 11.6 Å². The number of carbonyl (C=O) groups is 1. The zero-order valence-corrected chi connectivity index (χ0v) is 15.3. The van der Waals surface area contributed by atoms with Gasteiger partial charge in [0.25, 0.3) is 5.91 Å². The first-order valence-electron chi connectivity index (χ1n) is 7.98. The lowest BCUT2D eigenvalue weighted by Crippen LogP contribution is -2.34. The molecule has 3 rings (SSSR count). The van der Waals surface area contributed by atoms with Crippen molar-refractivity contribution >= 4 is 40.1 Å². The van der Waals surface area contributed by atoms with E-state index in [-0.39, 0.29) is 11.9 Å². The normalized spacial score (nSPS) is 16.8. The molecule has 1 amide bonds. The van der Waals surface area contributed by atoms with Crippen molar-refractivity contribution in [2.45, 2.75) is 26.3 Å². The number of halogens is 1. The molecule has 1 atom stereocenters. The maximum Gasteiger partial charge on any atom is 0.264 e. The Morgan fingerprint density at radius 3 is 2.42 bits per heavy atom. The van der Waals surface area contributed by atoms with Gasteiger partial charge in [0.2, 0.25) is 0 Å². The van der Waals surface area contributed by atoms with Gasteiger partial charge in [-0.15, -0.1) is 0 Å². The highest BCUT2D eigenvalue weighted by atomic mass is 35.5.